The van der Waals surface area contributed by atoms with Gasteiger partial charge in [-0.05, 0) is 30.3 Å². The molecule has 3 rings (SSSR count). The van der Waals surface area contributed by atoms with E-state index in [1.807, 2.05) is 4.90 Å². The van der Waals surface area contributed by atoms with Crippen LogP contribution < -0.4 is 10.2 Å². The minimum absolute atomic E-state index is 0.276. The Bertz CT molecular complexity index is 888. The number of urea groups is 1. The summed E-state index contributed by atoms with van der Waals surface area (Å²) in [7, 11) is 0. The fourth-order valence-corrected chi connectivity index (χ4v) is 3.33. The summed E-state index contributed by atoms with van der Waals surface area (Å²) in [6.45, 7) is 1.20. The monoisotopic (exact) mass is 444 g/mol. The Morgan fingerprint density at radius 1 is 1.20 bits per heavy atom. The van der Waals surface area contributed by atoms with Crippen molar-refractivity contribution < 1.29 is 28.2 Å². The van der Waals surface area contributed by atoms with E-state index in [4.69, 9.17) is 16.7 Å². The number of hydrogen-bond donors (Lipinski definition) is 3. The van der Waals surface area contributed by atoms with E-state index in [1.54, 1.807) is 4.90 Å². The number of benzene rings is 1. The number of amides is 2. The molecule has 1 fully saturated rings. The number of piperazine rings is 1. The number of carbonyl (C=O) groups is 1. The van der Waals surface area contributed by atoms with Crippen molar-refractivity contribution in [1.29, 1.82) is 0 Å². The largest absolute Gasteiger partial charge is 0.416 e. The normalized spacial score (nSPS) is 15.8. The van der Waals surface area contributed by atoms with Gasteiger partial charge >= 0.3 is 12.2 Å². The fourth-order valence-electron chi connectivity index (χ4n) is 3.03. The number of carbonyl (C=O) groups excluding carboxylic acids is 1. The third-order valence-corrected chi connectivity index (χ3v) is 5.01. The van der Waals surface area contributed by atoms with Gasteiger partial charge in [-0.2, -0.15) is 13.2 Å². The zero-order chi connectivity index (χ0) is 21.9. The first-order valence-corrected chi connectivity index (χ1v) is 9.49. The van der Waals surface area contributed by atoms with Crippen LogP contribution in [0.1, 0.15) is 17.2 Å². The molecule has 7 nitrogen and oxygen atoms in total. The number of pyridine rings is 1. The lowest BCUT2D eigenvalue weighted by molar-refractivity contribution is -0.137. The maximum atomic E-state index is 12.6. The van der Waals surface area contributed by atoms with Crippen molar-refractivity contribution in [2.24, 2.45) is 0 Å². The smallest absolute Gasteiger partial charge is 0.393 e. The molecule has 1 aliphatic heterocycles. The first kappa shape index (κ1) is 22.1. The lowest BCUT2D eigenvalue weighted by Crippen LogP contribution is -2.50. The zero-order valence-electron chi connectivity index (χ0n) is 15.7. The lowest BCUT2D eigenvalue weighted by Gasteiger charge is -2.35. The SMILES string of the molecule is O=C(Nc1ccc(C(F)(F)F)cc1)N1CCN(c2ncc([C@H](O)CO)cc2Cl)CC1. The van der Waals surface area contributed by atoms with Crippen molar-refractivity contribution in [1.82, 2.24) is 9.88 Å². The summed E-state index contributed by atoms with van der Waals surface area (Å²) < 4.78 is 37.9. The van der Waals surface area contributed by atoms with Crippen LogP contribution >= 0.6 is 11.6 Å². The standard InChI is InChI=1S/C19H20ClF3N4O3/c20-15-9-12(16(29)11-28)10-24-17(15)26-5-7-27(8-6-26)18(30)25-14-3-1-13(2-4-14)19(21,22)23/h1-4,9-10,16,28-29H,5-8,11H2,(H,25,30)/t16-/m1/s1. The number of hydrogen-bond acceptors (Lipinski definition) is 5. The molecule has 2 aromatic rings. The van der Waals surface area contributed by atoms with Crippen LogP contribution in [0.15, 0.2) is 36.5 Å². The summed E-state index contributed by atoms with van der Waals surface area (Å²) in [6.07, 6.45) is -4.05. The molecule has 0 unspecified atom stereocenters. The molecule has 1 aromatic heterocycles. The van der Waals surface area contributed by atoms with Gasteiger partial charge in [0.25, 0.3) is 0 Å². The molecule has 1 atom stereocenters. The maximum Gasteiger partial charge on any atom is 0.416 e. The molecule has 2 heterocycles. The van der Waals surface area contributed by atoms with Crippen molar-refractivity contribution in [3.8, 4) is 0 Å². The van der Waals surface area contributed by atoms with E-state index in [0.717, 1.165) is 12.1 Å². The minimum Gasteiger partial charge on any atom is -0.393 e. The highest BCUT2D eigenvalue weighted by molar-refractivity contribution is 6.33. The summed E-state index contributed by atoms with van der Waals surface area (Å²) in [5, 5.41) is 21.6. The van der Waals surface area contributed by atoms with E-state index in [2.05, 4.69) is 10.3 Å². The van der Waals surface area contributed by atoms with E-state index in [1.165, 1.54) is 24.4 Å². The Morgan fingerprint density at radius 3 is 2.37 bits per heavy atom. The van der Waals surface area contributed by atoms with E-state index in [-0.39, 0.29) is 5.69 Å². The molecule has 0 aliphatic carbocycles. The minimum atomic E-state index is -4.43. The quantitative estimate of drug-likeness (QED) is 0.674. The highest BCUT2D eigenvalue weighted by atomic mass is 35.5. The van der Waals surface area contributed by atoms with Gasteiger partial charge in [0.2, 0.25) is 0 Å². The number of aliphatic hydroxyl groups is 2. The van der Waals surface area contributed by atoms with E-state index in [0.29, 0.717) is 42.6 Å². The number of alkyl halides is 3. The van der Waals surface area contributed by atoms with E-state index >= 15 is 0 Å². The Hall–Kier alpha value is -2.56. The molecule has 1 saturated heterocycles. The second kappa shape index (κ2) is 9.07. The summed E-state index contributed by atoms with van der Waals surface area (Å²) in [5.41, 5.74) is -0.102. The molecule has 11 heteroatoms. The molecule has 2 amide bonds. The Balaban J connectivity index is 1.57. The van der Waals surface area contributed by atoms with Crippen molar-refractivity contribution in [3.05, 3.63) is 52.7 Å². The Labute approximate surface area is 175 Å². The van der Waals surface area contributed by atoms with Crippen molar-refractivity contribution in [2.45, 2.75) is 12.3 Å². The number of rotatable bonds is 4. The molecule has 1 aliphatic rings. The first-order chi connectivity index (χ1) is 14.2. The van der Waals surface area contributed by atoms with Gasteiger partial charge in [-0.25, -0.2) is 9.78 Å². The highest BCUT2D eigenvalue weighted by Gasteiger charge is 2.30. The summed E-state index contributed by atoms with van der Waals surface area (Å²) >= 11 is 6.24. The molecule has 0 saturated carbocycles. The lowest BCUT2D eigenvalue weighted by atomic mass is 10.1. The molecule has 0 spiro atoms. The number of aromatic nitrogens is 1. The van der Waals surface area contributed by atoms with E-state index < -0.39 is 30.5 Å². The van der Waals surface area contributed by atoms with Gasteiger partial charge in [-0.15, -0.1) is 0 Å². The van der Waals surface area contributed by atoms with Gasteiger partial charge in [0.05, 0.1) is 17.2 Å². The molecule has 0 radical (unpaired) electrons. The Morgan fingerprint density at radius 2 is 1.83 bits per heavy atom. The fraction of sp³-hybridized carbons (Fsp3) is 0.368. The van der Waals surface area contributed by atoms with Gasteiger partial charge in [-0.3, -0.25) is 0 Å². The average molecular weight is 445 g/mol. The van der Waals surface area contributed by atoms with Gasteiger partial charge < -0.3 is 25.3 Å². The molecule has 0 bridgehead atoms. The van der Waals surface area contributed by atoms with Crippen molar-refractivity contribution in [3.63, 3.8) is 0 Å². The molecule has 3 N–H and O–H groups in total. The molecule has 30 heavy (non-hydrogen) atoms. The number of nitrogens with one attached hydrogen (secondary N) is 1. The second-order valence-electron chi connectivity index (χ2n) is 6.75. The Kier molecular flexibility index (Phi) is 6.69. The second-order valence-corrected chi connectivity index (χ2v) is 7.16. The van der Waals surface area contributed by atoms with Crippen LogP contribution in [0.25, 0.3) is 0 Å². The van der Waals surface area contributed by atoms with Crippen LogP contribution in [-0.2, 0) is 6.18 Å². The molecular formula is C19H20ClF3N4O3. The van der Waals surface area contributed by atoms with Gasteiger partial charge in [0.15, 0.2) is 0 Å². The third-order valence-electron chi connectivity index (χ3n) is 4.73. The van der Waals surface area contributed by atoms with Crippen LogP contribution in [0, 0.1) is 0 Å². The maximum absolute atomic E-state index is 12.6. The molecule has 1 aromatic carbocycles. The van der Waals surface area contributed by atoms with Gasteiger partial charge in [-0.1, -0.05) is 11.6 Å². The third kappa shape index (κ3) is 5.13. The first-order valence-electron chi connectivity index (χ1n) is 9.11. The molecule has 162 valence electrons. The summed E-state index contributed by atoms with van der Waals surface area (Å²) in [5.74, 6) is 0.508. The van der Waals surface area contributed by atoms with Crippen LogP contribution in [0.3, 0.4) is 0 Å². The van der Waals surface area contributed by atoms with Gasteiger partial charge in [0.1, 0.15) is 11.9 Å². The van der Waals surface area contributed by atoms with Crippen molar-refractivity contribution >= 4 is 29.1 Å². The highest BCUT2D eigenvalue weighted by Crippen LogP contribution is 2.30. The number of anilines is 2. The van der Waals surface area contributed by atoms with Crippen LogP contribution in [0.4, 0.5) is 29.5 Å². The summed E-state index contributed by atoms with van der Waals surface area (Å²) in [6, 6.07) is 5.38. The number of nitrogens with zero attached hydrogens (tertiary/aromatic N) is 3. The number of halogens is 4. The predicted molar refractivity (Wildman–Crippen MR) is 106 cm³/mol. The molecular weight excluding hydrogens is 425 g/mol. The van der Waals surface area contributed by atoms with Crippen LogP contribution in [0.5, 0.6) is 0 Å². The van der Waals surface area contributed by atoms with Crippen LogP contribution in [0.2, 0.25) is 5.02 Å². The van der Waals surface area contributed by atoms with Crippen LogP contribution in [-0.4, -0.2) is 58.9 Å². The summed E-state index contributed by atoms with van der Waals surface area (Å²) in [4.78, 5) is 20.1. The average Bonchev–Trinajstić information content (AvgIpc) is 2.73. The van der Waals surface area contributed by atoms with E-state index in [9.17, 15) is 23.1 Å². The topological polar surface area (TPSA) is 88.9 Å². The predicted octanol–water partition coefficient (Wildman–Crippen LogP) is 3.13. The number of aliphatic hydroxyl groups excluding tert-OH is 2. The van der Waals surface area contributed by atoms with Gasteiger partial charge in [0, 0.05) is 43.6 Å². The zero-order valence-corrected chi connectivity index (χ0v) is 16.5. The van der Waals surface area contributed by atoms with Crippen molar-refractivity contribution in [2.75, 3.05) is 43.0 Å².